The Morgan fingerprint density at radius 1 is 0.816 bits per heavy atom. The molecule has 1 N–H and O–H groups in total. The average Bonchev–Trinajstić information content (AvgIpc) is 3.29. The molecule has 0 aliphatic heterocycles. The van der Waals surface area contributed by atoms with Crippen LogP contribution in [0.5, 0.6) is 11.5 Å². The van der Waals surface area contributed by atoms with Crippen molar-refractivity contribution in [1.82, 2.24) is 4.57 Å². The summed E-state index contributed by atoms with van der Waals surface area (Å²) in [7, 11) is 3.16. The highest BCUT2D eigenvalue weighted by Crippen LogP contribution is 2.40. The molecule has 0 saturated heterocycles. The Labute approximate surface area is 223 Å². The van der Waals surface area contributed by atoms with Gasteiger partial charge in [-0.1, -0.05) is 38.1 Å². The van der Waals surface area contributed by atoms with Crippen LogP contribution in [0.1, 0.15) is 29.9 Å². The summed E-state index contributed by atoms with van der Waals surface area (Å²) in [6, 6.07) is 24.9. The predicted molar refractivity (Wildman–Crippen MR) is 147 cm³/mol. The first-order valence-electron chi connectivity index (χ1n) is 12.4. The van der Waals surface area contributed by atoms with Crippen molar-refractivity contribution in [1.29, 1.82) is 0 Å². The van der Waals surface area contributed by atoms with Gasteiger partial charge in [-0.05, 0) is 78.1 Å². The van der Waals surface area contributed by atoms with E-state index >= 15 is 0 Å². The van der Waals surface area contributed by atoms with Gasteiger partial charge in [0.15, 0.2) is 13.6 Å². The van der Waals surface area contributed by atoms with Gasteiger partial charge in [-0.15, -0.1) is 0 Å². The van der Waals surface area contributed by atoms with Crippen molar-refractivity contribution in [2.75, 3.05) is 27.8 Å². The van der Waals surface area contributed by atoms with E-state index in [1.165, 1.54) is 0 Å². The second-order valence-corrected chi connectivity index (χ2v) is 9.30. The van der Waals surface area contributed by atoms with Crippen molar-refractivity contribution in [2.24, 2.45) is 5.92 Å². The summed E-state index contributed by atoms with van der Waals surface area (Å²) in [6.07, 6.45) is 0.769. The van der Waals surface area contributed by atoms with Gasteiger partial charge < -0.3 is 28.6 Å². The van der Waals surface area contributed by atoms with Gasteiger partial charge in [0.1, 0.15) is 11.5 Å². The standard InChI is InChI=1S/C31H33NO6/c1-21(2)17-24-18-28(22-9-13-25(14-10-22)37-19-35-3)30(23-11-15-26(16-12-23)38-20-36-4)32(24)29-8-6-5-7-27(29)31(33)34/h5-16,18,21H,17,19-20H2,1-4H3,(H,33,34). The summed E-state index contributed by atoms with van der Waals surface area (Å²) < 4.78 is 23.3. The number of benzene rings is 3. The molecule has 0 aliphatic carbocycles. The van der Waals surface area contributed by atoms with E-state index in [1.807, 2.05) is 60.7 Å². The molecule has 3 aromatic carbocycles. The molecule has 0 radical (unpaired) electrons. The minimum atomic E-state index is -0.972. The maximum absolute atomic E-state index is 12.3. The number of ether oxygens (including phenoxy) is 4. The quantitative estimate of drug-likeness (QED) is 0.212. The van der Waals surface area contributed by atoms with Gasteiger partial charge in [0, 0.05) is 25.5 Å². The maximum Gasteiger partial charge on any atom is 0.337 e. The summed E-state index contributed by atoms with van der Waals surface area (Å²) in [5.41, 5.74) is 5.70. The highest BCUT2D eigenvalue weighted by atomic mass is 16.7. The van der Waals surface area contributed by atoms with Crippen molar-refractivity contribution >= 4 is 5.97 Å². The number of methoxy groups -OCH3 is 2. The van der Waals surface area contributed by atoms with E-state index in [-0.39, 0.29) is 19.1 Å². The monoisotopic (exact) mass is 515 g/mol. The fourth-order valence-electron chi connectivity index (χ4n) is 4.46. The van der Waals surface area contributed by atoms with Gasteiger partial charge in [-0.2, -0.15) is 0 Å². The number of aromatic carboxylic acids is 1. The van der Waals surface area contributed by atoms with Crippen LogP contribution in [0, 0.1) is 5.92 Å². The Bertz CT molecular complexity index is 1360. The Kier molecular flexibility index (Phi) is 8.84. The summed E-state index contributed by atoms with van der Waals surface area (Å²) in [4.78, 5) is 12.3. The van der Waals surface area contributed by atoms with Crippen LogP contribution in [0.2, 0.25) is 0 Å². The molecule has 38 heavy (non-hydrogen) atoms. The number of hydrogen-bond donors (Lipinski definition) is 1. The zero-order chi connectivity index (χ0) is 27.1. The van der Waals surface area contributed by atoms with Gasteiger partial charge in [0.2, 0.25) is 0 Å². The molecule has 0 bridgehead atoms. The van der Waals surface area contributed by atoms with E-state index in [0.717, 1.165) is 34.5 Å². The van der Waals surface area contributed by atoms with Gasteiger partial charge in [-0.3, -0.25) is 0 Å². The lowest BCUT2D eigenvalue weighted by molar-refractivity contribution is 0.0509. The van der Waals surface area contributed by atoms with Gasteiger partial charge in [-0.25, -0.2) is 4.79 Å². The van der Waals surface area contributed by atoms with Crippen LogP contribution in [0.25, 0.3) is 28.1 Å². The number of rotatable bonds is 12. The van der Waals surface area contributed by atoms with Crippen LogP contribution in [0.3, 0.4) is 0 Å². The number of carboxylic acid groups (broad SMARTS) is 1. The molecule has 0 atom stereocenters. The molecule has 7 heteroatoms. The Morgan fingerprint density at radius 3 is 1.89 bits per heavy atom. The molecule has 0 fully saturated rings. The summed E-state index contributed by atoms with van der Waals surface area (Å²) >= 11 is 0. The maximum atomic E-state index is 12.3. The SMILES string of the molecule is COCOc1ccc(-c2cc(CC(C)C)n(-c3ccccc3C(=O)O)c2-c2ccc(OCOC)cc2)cc1. The third kappa shape index (κ3) is 6.07. The van der Waals surface area contributed by atoms with Crippen molar-refractivity contribution < 1.29 is 28.8 Å². The summed E-state index contributed by atoms with van der Waals surface area (Å²) in [6.45, 7) is 4.64. The first-order chi connectivity index (χ1) is 18.4. The largest absolute Gasteiger partial charge is 0.478 e. The topological polar surface area (TPSA) is 79.2 Å². The lowest BCUT2D eigenvalue weighted by Crippen LogP contribution is -2.10. The van der Waals surface area contributed by atoms with E-state index in [9.17, 15) is 9.90 Å². The van der Waals surface area contributed by atoms with Crippen LogP contribution in [0.4, 0.5) is 0 Å². The molecule has 4 rings (SSSR count). The van der Waals surface area contributed by atoms with Crippen LogP contribution in [-0.4, -0.2) is 43.4 Å². The summed E-state index contributed by atoms with van der Waals surface area (Å²) in [5, 5.41) is 10.0. The summed E-state index contributed by atoms with van der Waals surface area (Å²) in [5.74, 6) is 0.773. The molecule has 7 nitrogen and oxygen atoms in total. The van der Waals surface area contributed by atoms with Crippen molar-refractivity contribution in [2.45, 2.75) is 20.3 Å². The molecule has 0 amide bonds. The molecule has 0 unspecified atom stereocenters. The zero-order valence-corrected chi connectivity index (χ0v) is 22.1. The van der Waals surface area contributed by atoms with Crippen molar-refractivity contribution in [3.8, 4) is 39.6 Å². The van der Waals surface area contributed by atoms with E-state index in [0.29, 0.717) is 23.1 Å². The Morgan fingerprint density at radius 2 is 1.37 bits per heavy atom. The number of para-hydroxylation sites is 1. The molecule has 0 aliphatic rings. The second kappa shape index (κ2) is 12.4. The molecule has 1 aromatic heterocycles. The number of nitrogens with zero attached hydrogens (tertiary/aromatic N) is 1. The molecule has 198 valence electrons. The molecule has 0 spiro atoms. The van der Waals surface area contributed by atoms with E-state index in [2.05, 4.69) is 24.5 Å². The second-order valence-electron chi connectivity index (χ2n) is 9.30. The third-order valence-electron chi connectivity index (χ3n) is 6.05. The highest BCUT2D eigenvalue weighted by Gasteiger charge is 2.23. The smallest absolute Gasteiger partial charge is 0.337 e. The lowest BCUT2D eigenvalue weighted by Gasteiger charge is -2.18. The fraction of sp³-hybridized carbons (Fsp3) is 0.258. The lowest BCUT2D eigenvalue weighted by atomic mass is 10.0. The molecule has 0 saturated carbocycles. The van der Waals surface area contributed by atoms with Crippen LogP contribution < -0.4 is 9.47 Å². The molecule has 4 aromatic rings. The zero-order valence-electron chi connectivity index (χ0n) is 22.1. The minimum Gasteiger partial charge on any atom is -0.478 e. The highest BCUT2D eigenvalue weighted by molar-refractivity contribution is 5.93. The number of carboxylic acids is 1. The Hall–Kier alpha value is -4.07. The van der Waals surface area contributed by atoms with Crippen molar-refractivity contribution in [3.63, 3.8) is 0 Å². The molecule has 1 heterocycles. The predicted octanol–water partition coefficient (Wildman–Crippen LogP) is 6.67. The van der Waals surface area contributed by atoms with Gasteiger partial charge >= 0.3 is 5.97 Å². The fourth-order valence-corrected chi connectivity index (χ4v) is 4.46. The number of carbonyl (C=O) groups is 1. The molecular formula is C31H33NO6. The normalized spacial score (nSPS) is 11.1. The van der Waals surface area contributed by atoms with E-state index in [4.69, 9.17) is 18.9 Å². The van der Waals surface area contributed by atoms with Gasteiger partial charge in [0.25, 0.3) is 0 Å². The Balaban J connectivity index is 1.95. The molecular weight excluding hydrogens is 482 g/mol. The number of hydrogen-bond acceptors (Lipinski definition) is 5. The van der Waals surface area contributed by atoms with Crippen LogP contribution in [-0.2, 0) is 15.9 Å². The van der Waals surface area contributed by atoms with Crippen LogP contribution in [0.15, 0.2) is 78.9 Å². The minimum absolute atomic E-state index is 0.156. The average molecular weight is 516 g/mol. The first-order valence-corrected chi connectivity index (χ1v) is 12.4. The van der Waals surface area contributed by atoms with Crippen molar-refractivity contribution in [3.05, 3.63) is 90.1 Å². The van der Waals surface area contributed by atoms with E-state index in [1.54, 1.807) is 26.4 Å². The first kappa shape index (κ1) is 27.0. The number of aromatic nitrogens is 1. The van der Waals surface area contributed by atoms with Gasteiger partial charge in [0.05, 0.1) is 16.9 Å². The van der Waals surface area contributed by atoms with Crippen LogP contribution >= 0.6 is 0 Å². The third-order valence-corrected chi connectivity index (χ3v) is 6.05. The van der Waals surface area contributed by atoms with E-state index < -0.39 is 5.97 Å².